The first kappa shape index (κ1) is 54.7. The Bertz CT molecular complexity index is 1550. The van der Waals surface area contributed by atoms with Crippen LogP contribution < -0.4 is 4.89 Å². The molecule has 0 aliphatic rings. The number of aryl methyl sites for hydroxylation is 2. The second-order valence-corrected chi connectivity index (χ2v) is 17.5. The van der Waals surface area contributed by atoms with E-state index < -0.39 is 38.6 Å². The maximum Gasteiger partial charge on any atom is 0.306 e. The number of nitrogens with zero attached hydrogens (tertiary/aromatic N) is 1. The van der Waals surface area contributed by atoms with Gasteiger partial charge in [0.15, 0.2) is 6.10 Å². The van der Waals surface area contributed by atoms with Gasteiger partial charge in [-0.15, -0.1) is 0 Å². The summed E-state index contributed by atoms with van der Waals surface area (Å²) < 4.78 is 39.9. The fourth-order valence-corrected chi connectivity index (χ4v) is 6.54. The zero-order valence-electron chi connectivity index (χ0n) is 37.9. The molecule has 2 unspecified atom stereocenters. The molecule has 3 atom stereocenters. The number of aliphatic hydroxyl groups excluding tert-OH is 1. The van der Waals surface area contributed by atoms with Crippen LogP contribution in [0.3, 0.4) is 0 Å². The van der Waals surface area contributed by atoms with Gasteiger partial charge < -0.3 is 37.4 Å². The number of allylic oxidation sites excluding steroid dienone is 10. The van der Waals surface area contributed by atoms with E-state index in [4.69, 9.17) is 22.9 Å². The third-order valence-electron chi connectivity index (χ3n) is 9.51. The van der Waals surface area contributed by atoms with Gasteiger partial charge in [0.25, 0.3) is 7.82 Å². The molecule has 60 heavy (non-hydrogen) atoms. The molecule has 0 radical (unpaired) electrons. The lowest BCUT2D eigenvalue weighted by molar-refractivity contribution is -0.870. The van der Waals surface area contributed by atoms with Crippen LogP contribution >= 0.6 is 7.82 Å². The molecule has 340 valence electrons. The summed E-state index contributed by atoms with van der Waals surface area (Å²) in [5.74, 6) is 1.21. The highest BCUT2D eigenvalue weighted by Gasteiger charge is 2.22. The number of aliphatic hydroxyl groups is 1. The van der Waals surface area contributed by atoms with Crippen LogP contribution in [-0.4, -0.2) is 81.2 Å². The molecule has 0 amide bonds. The highest BCUT2D eigenvalue weighted by atomic mass is 31.2. The average Bonchev–Trinajstić information content (AvgIpc) is 3.45. The van der Waals surface area contributed by atoms with Crippen molar-refractivity contribution in [3.05, 3.63) is 95.6 Å². The number of esters is 2. The van der Waals surface area contributed by atoms with Crippen molar-refractivity contribution in [3.8, 4) is 0 Å². The molecule has 1 aromatic rings. The molecule has 1 N–H and O–H groups in total. The minimum absolute atomic E-state index is 0.0617. The summed E-state index contributed by atoms with van der Waals surface area (Å²) in [6.45, 7) is 8.04. The predicted molar refractivity (Wildman–Crippen MR) is 240 cm³/mol. The van der Waals surface area contributed by atoms with E-state index in [9.17, 15) is 24.2 Å². The van der Waals surface area contributed by atoms with Crippen molar-refractivity contribution in [2.24, 2.45) is 0 Å². The summed E-state index contributed by atoms with van der Waals surface area (Å²) in [6, 6.07) is 0. The average molecular weight is 860 g/mol. The fourth-order valence-electron chi connectivity index (χ4n) is 5.81. The molecule has 0 saturated heterocycles. The molecule has 0 spiro atoms. The first-order valence-corrected chi connectivity index (χ1v) is 23.6. The van der Waals surface area contributed by atoms with Crippen LogP contribution in [0.2, 0.25) is 0 Å². The van der Waals surface area contributed by atoms with E-state index in [-0.39, 0.29) is 26.1 Å². The molecule has 1 aromatic heterocycles. The van der Waals surface area contributed by atoms with Crippen molar-refractivity contribution in [1.82, 2.24) is 0 Å². The van der Waals surface area contributed by atoms with E-state index >= 15 is 0 Å². The maximum atomic E-state index is 12.7. The second kappa shape index (κ2) is 33.3. The van der Waals surface area contributed by atoms with Crippen molar-refractivity contribution in [3.63, 3.8) is 0 Å². The number of furan rings is 1. The third kappa shape index (κ3) is 29.8. The number of phosphoric acid groups is 1. The van der Waals surface area contributed by atoms with E-state index in [1.165, 1.54) is 11.1 Å². The van der Waals surface area contributed by atoms with Crippen LogP contribution in [0.25, 0.3) is 0 Å². The fraction of sp³-hybridized carbons (Fsp3) is 0.625. The molecular formula is C48H78NO10P. The minimum Gasteiger partial charge on any atom is -0.756 e. The SMILES string of the molecule is CC/C=C\CC(O)/C=C/C=C/C/C=C\C/C=C\C/C=C\CCC(=O)OC[C@H](COP(=O)([O-])OCC[N+](C)(C)C)OC(=O)CCCCCCCCc1oc(CCC)c(C)c1C. The Labute approximate surface area is 362 Å². The smallest absolute Gasteiger partial charge is 0.306 e. The van der Waals surface area contributed by atoms with E-state index in [0.29, 0.717) is 30.3 Å². The number of carbonyl (C=O) groups is 2. The molecule has 0 bridgehead atoms. The van der Waals surface area contributed by atoms with E-state index in [0.717, 1.165) is 88.6 Å². The number of likely N-dealkylation sites (N-methyl/N-ethyl adjacent to an activating group) is 1. The van der Waals surface area contributed by atoms with Crippen LogP contribution in [0.5, 0.6) is 0 Å². The number of phosphoric ester groups is 1. The molecule has 0 aliphatic carbocycles. The first-order valence-electron chi connectivity index (χ1n) is 22.1. The summed E-state index contributed by atoms with van der Waals surface area (Å²) in [5, 5.41) is 9.85. The van der Waals surface area contributed by atoms with Gasteiger partial charge in [-0.2, -0.15) is 0 Å². The summed E-state index contributed by atoms with van der Waals surface area (Å²) in [4.78, 5) is 37.6. The van der Waals surface area contributed by atoms with E-state index in [1.807, 2.05) is 63.7 Å². The van der Waals surface area contributed by atoms with Crippen molar-refractivity contribution < 1.29 is 51.6 Å². The maximum absolute atomic E-state index is 12.7. The van der Waals surface area contributed by atoms with Gasteiger partial charge in [0.1, 0.15) is 31.3 Å². The van der Waals surface area contributed by atoms with Crippen LogP contribution in [0, 0.1) is 13.8 Å². The topological polar surface area (TPSA) is 145 Å². The highest BCUT2D eigenvalue weighted by Crippen LogP contribution is 2.38. The predicted octanol–water partition coefficient (Wildman–Crippen LogP) is 10.2. The molecule has 0 aromatic carbocycles. The van der Waals surface area contributed by atoms with Gasteiger partial charge in [-0.25, -0.2) is 0 Å². The number of rotatable bonds is 35. The van der Waals surface area contributed by atoms with Gasteiger partial charge in [0, 0.05) is 25.7 Å². The Morgan fingerprint density at radius 1 is 0.750 bits per heavy atom. The summed E-state index contributed by atoms with van der Waals surface area (Å²) >= 11 is 0. The van der Waals surface area contributed by atoms with Crippen LogP contribution in [-0.2, 0) is 45.5 Å². The lowest BCUT2D eigenvalue weighted by Gasteiger charge is -2.28. The Morgan fingerprint density at radius 2 is 1.37 bits per heavy atom. The number of hydrogen-bond acceptors (Lipinski definition) is 10. The number of carbonyl (C=O) groups excluding carboxylic acids is 2. The standard InChI is InChI=1S/C48H78NO10P/c1-8-10-26-32-43(50)33-27-22-18-16-14-12-11-13-15-17-19-24-29-35-47(51)55-39-44(40-57-60(53,54)56-38-37-49(5,6)7)58-48(52)36-30-25-21-20-23-28-34-46-42(4)41(3)45(59-46)31-9-2/h10,12-15,18-19,22,24,26-27,33,43-44,50H,8-9,11,16-17,20-21,23,25,28-32,34-40H2,1-7H3/b14-12-,15-13-,22-18+,24-19-,26-10-,33-27+/t43?,44-/m1/s1. The van der Waals surface area contributed by atoms with Gasteiger partial charge >= 0.3 is 11.9 Å². The molecule has 1 rings (SSSR count). The Kier molecular flexibility index (Phi) is 30.4. The molecule has 11 nitrogen and oxygen atoms in total. The monoisotopic (exact) mass is 860 g/mol. The Balaban J connectivity index is 2.43. The number of hydrogen-bond donors (Lipinski definition) is 1. The largest absolute Gasteiger partial charge is 0.756 e. The molecule has 1 heterocycles. The molecule has 0 fully saturated rings. The Morgan fingerprint density at radius 3 is 2.02 bits per heavy atom. The van der Waals surface area contributed by atoms with Gasteiger partial charge in [0.05, 0.1) is 33.9 Å². The zero-order chi connectivity index (χ0) is 44.5. The minimum atomic E-state index is -4.67. The zero-order valence-corrected chi connectivity index (χ0v) is 38.8. The summed E-state index contributed by atoms with van der Waals surface area (Å²) in [5.41, 5.74) is 2.55. The van der Waals surface area contributed by atoms with Crippen molar-refractivity contribution in [2.75, 3.05) is 47.5 Å². The Hall–Kier alpha value is -3.31. The van der Waals surface area contributed by atoms with Crippen LogP contribution in [0.1, 0.15) is 133 Å². The second-order valence-electron chi connectivity index (χ2n) is 16.1. The molecular weight excluding hydrogens is 781 g/mol. The lowest BCUT2D eigenvalue weighted by Crippen LogP contribution is -2.37. The molecule has 12 heteroatoms. The van der Waals surface area contributed by atoms with Crippen LogP contribution in [0.4, 0.5) is 0 Å². The normalized spacial score (nSPS) is 14.8. The summed E-state index contributed by atoms with van der Waals surface area (Å²) in [7, 11) is 1.06. The number of unbranched alkanes of at least 4 members (excludes halogenated alkanes) is 5. The van der Waals surface area contributed by atoms with Gasteiger partial charge in [0.2, 0.25) is 0 Å². The van der Waals surface area contributed by atoms with Crippen LogP contribution in [0.15, 0.2) is 77.3 Å². The van der Waals surface area contributed by atoms with Gasteiger partial charge in [-0.05, 0) is 82.8 Å². The quantitative estimate of drug-likeness (QED) is 0.0175. The third-order valence-corrected chi connectivity index (χ3v) is 10.5. The number of quaternary nitrogens is 1. The van der Waals surface area contributed by atoms with Crippen molar-refractivity contribution in [1.29, 1.82) is 0 Å². The lowest BCUT2D eigenvalue weighted by atomic mass is 10.0. The summed E-state index contributed by atoms with van der Waals surface area (Å²) in [6.07, 6.45) is 35.7. The van der Waals surface area contributed by atoms with Gasteiger partial charge in [-0.3, -0.25) is 14.2 Å². The highest BCUT2D eigenvalue weighted by molar-refractivity contribution is 7.45. The van der Waals surface area contributed by atoms with Gasteiger partial charge in [-0.1, -0.05) is 112 Å². The van der Waals surface area contributed by atoms with E-state index in [2.05, 4.69) is 52.0 Å². The first-order chi connectivity index (χ1) is 28.7. The van der Waals surface area contributed by atoms with Crippen molar-refractivity contribution >= 4 is 19.8 Å². The molecule has 0 saturated carbocycles. The van der Waals surface area contributed by atoms with E-state index in [1.54, 1.807) is 6.08 Å². The van der Waals surface area contributed by atoms with Crippen molar-refractivity contribution in [2.45, 2.75) is 149 Å². The number of ether oxygens (including phenoxy) is 2. The molecule has 0 aliphatic heterocycles.